The molecule has 2 heterocycles. The van der Waals surface area contributed by atoms with Crippen LogP contribution >= 0.6 is 0 Å². The maximum atomic E-state index is 13.5. The molecule has 0 bridgehead atoms. The summed E-state index contributed by atoms with van der Waals surface area (Å²) in [6.45, 7) is 4.22. The molecule has 0 saturated carbocycles. The van der Waals surface area contributed by atoms with Gasteiger partial charge in [0, 0.05) is 48.8 Å². The zero-order valence-electron chi connectivity index (χ0n) is 20.2. The Hall–Kier alpha value is -4.14. The van der Waals surface area contributed by atoms with E-state index in [2.05, 4.69) is 5.32 Å². The molecule has 1 aromatic heterocycles. The lowest BCUT2D eigenvalue weighted by molar-refractivity contribution is -0.155. The minimum absolute atomic E-state index is 0.0238. The van der Waals surface area contributed by atoms with Crippen LogP contribution in [0, 0.1) is 0 Å². The van der Waals surface area contributed by atoms with E-state index < -0.39 is 23.1 Å². The number of benzene rings is 2. The number of nitrogens with zero attached hydrogens (tertiary/aromatic N) is 1. The van der Waals surface area contributed by atoms with Crippen molar-refractivity contribution in [3.05, 3.63) is 76.1 Å². The summed E-state index contributed by atoms with van der Waals surface area (Å²) < 4.78 is 16.0. The van der Waals surface area contributed by atoms with Gasteiger partial charge in [-0.1, -0.05) is 30.3 Å². The van der Waals surface area contributed by atoms with E-state index in [0.29, 0.717) is 42.6 Å². The molecule has 9 nitrogen and oxygen atoms in total. The van der Waals surface area contributed by atoms with Crippen LogP contribution in [0.3, 0.4) is 0 Å². The molecule has 0 atom stereocenters. The molecule has 2 aromatic carbocycles. The first-order chi connectivity index (χ1) is 17.3. The van der Waals surface area contributed by atoms with Gasteiger partial charge < -0.3 is 18.8 Å². The van der Waals surface area contributed by atoms with Crippen molar-refractivity contribution in [2.24, 2.45) is 0 Å². The number of fused-ring (bicyclic) bond motifs is 1. The summed E-state index contributed by atoms with van der Waals surface area (Å²) in [6.07, 6.45) is 0.262. The number of piperidine rings is 1. The number of hydrogen-bond acceptors (Lipinski definition) is 7. The number of rotatable bonds is 6. The molecule has 36 heavy (non-hydrogen) atoms. The van der Waals surface area contributed by atoms with Gasteiger partial charge in [0.25, 0.3) is 0 Å². The molecule has 0 unspecified atom stereocenters. The molecule has 4 rings (SSSR count). The standard InChI is InChI=1S/C27H28N2O7/c1-3-34-26(33)28-21-9-10-22-19(15-24(31)36-23(22)16-21)17-35-25(32)27(20-7-5-4-6-8-20)11-13-29(14-12-27)18(2)30/h4-10,15-16H,3,11-14,17H2,1-2H3,(H,28,33). The molecule has 3 aromatic rings. The topological polar surface area (TPSA) is 115 Å². The van der Waals surface area contributed by atoms with E-state index in [0.717, 1.165) is 5.56 Å². The average molecular weight is 493 g/mol. The maximum absolute atomic E-state index is 13.5. The summed E-state index contributed by atoms with van der Waals surface area (Å²) in [5.41, 5.74) is 0.481. The molecular formula is C27H28N2O7. The van der Waals surface area contributed by atoms with Crippen molar-refractivity contribution in [2.75, 3.05) is 25.0 Å². The van der Waals surface area contributed by atoms with Gasteiger partial charge in [-0.2, -0.15) is 0 Å². The van der Waals surface area contributed by atoms with Crippen molar-refractivity contribution in [3.63, 3.8) is 0 Å². The second kappa shape index (κ2) is 10.6. The number of nitrogens with one attached hydrogen (secondary N) is 1. The third-order valence-corrected chi connectivity index (χ3v) is 6.49. The van der Waals surface area contributed by atoms with Crippen LogP contribution in [0.5, 0.6) is 0 Å². The van der Waals surface area contributed by atoms with E-state index in [9.17, 15) is 19.2 Å². The number of esters is 1. The van der Waals surface area contributed by atoms with Crippen LogP contribution in [-0.4, -0.2) is 42.6 Å². The van der Waals surface area contributed by atoms with Gasteiger partial charge in [0.1, 0.15) is 12.2 Å². The number of anilines is 1. The highest BCUT2D eigenvalue weighted by Gasteiger charge is 2.44. The highest BCUT2D eigenvalue weighted by atomic mass is 16.5. The van der Waals surface area contributed by atoms with Crippen molar-refractivity contribution in [1.82, 2.24) is 4.90 Å². The first-order valence-corrected chi connectivity index (χ1v) is 11.8. The monoisotopic (exact) mass is 492 g/mol. The molecule has 1 aliphatic heterocycles. The quantitative estimate of drug-likeness (QED) is 0.409. The molecule has 2 amide bonds. The Morgan fingerprint density at radius 2 is 1.75 bits per heavy atom. The van der Waals surface area contributed by atoms with Crippen molar-refractivity contribution in [3.8, 4) is 0 Å². The van der Waals surface area contributed by atoms with Crippen LogP contribution in [-0.2, 0) is 31.1 Å². The van der Waals surface area contributed by atoms with Crippen LogP contribution < -0.4 is 10.9 Å². The molecule has 0 aliphatic carbocycles. The van der Waals surface area contributed by atoms with Gasteiger partial charge >= 0.3 is 17.7 Å². The van der Waals surface area contributed by atoms with Crippen LogP contribution in [0.25, 0.3) is 11.0 Å². The molecule has 1 fully saturated rings. The summed E-state index contributed by atoms with van der Waals surface area (Å²) in [5.74, 6) is -0.428. The number of amides is 2. The Kier molecular flexibility index (Phi) is 7.38. The minimum atomic E-state index is -0.890. The van der Waals surface area contributed by atoms with Crippen molar-refractivity contribution in [1.29, 1.82) is 0 Å². The Balaban J connectivity index is 1.57. The van der Waals surface area contributed by atoms with E-state index in [4.69, 9.17) is 13.9 Å². The van der Waals surface area contributed by atoms with Crippen LogP contribution in [0.4, 0.5) is 10.5 Å². The Bertz CT molecular complexity index is 1320. The molecule has 1 saturated heterocycles. The highest BCUT2D eigenvalue weighted by molar-refractivity contribution is 5.90. The van der Waals surface area contributed by atoms with E-state index >= 15 is 0 Å². The molecule has 1 N–H and O–H groups in total. The lowest BCUT2D eigenvalue weighted by Gasteiger charge is -2.40. The molecule has 9 heteroatoms. The number of hydrogen-bond donors (Lipinski definition) is 1. The normalized spacial score (nSPS) is 14.8. The first-order valence-electron chi connectivity index (χ1n) is 11.8. The lowest BCUT2D eigenvalue weighted by Crippen LogP contribution is -2.49. The molecule has 0 spiro atoms. The van der Waals surface area contributed by atoms with Crippen LogP contribution in [0.15, 0.2) is 63.8 Å². The fourth-order valence-electron chi connectivity index (χ4n) is 4.56. The Morgan fingerprint density at radius 3 is 2.42 bits per heavy atom. The van der Waals surface area contributed by atoms with Crippen molar-refractivity contribution in [2.45, 2.75) is 38.7 Å². The lowest BCUT2D eigenvalue weighted by atomic mass is 9.72. The number of ether oxygens (including phenoxy) is 2. The van der Waals surface area contributed by atoms with E-state index in [1.54, 1.807) is 24.0 Å². The summed E-state index contributed by atoms with van der Waals surface area (Å²) in [7, 11) is 0. The maximum Gasteiger partial charge on any atom is 0.411 e. The SMILES string of the molecule is CCOC(=O)Nc1ccc2c(COC(=O)C3(c4ccccc4)CCN(C(C)=O)CC3)cc(=O)oc2c1. The fourth-order valence-corrected chi connectivity index (χ4v) is 4.56. The number of likely N-dealkylation sites (tertiary alicyclic amines) is 1. The zero-order chi connectivity index (χ0) is 25.7. The Labute approximate surface area is 208 Å². The predicted octanol–water partition coefficient (Wildman–Crippen LogP) is 3.98. The number of carbonyl (C=O) groups excluding carboxylic acids is 3. The third-order valence-electron chi connectivity index (χ3n) is 6.49. The van der Waals surface area contributed by atoms with Gasteiger partial charge in [-0.3, -0.25) is 14.9 Å². The number of carbonyl (C=O) groups is 3. The second-order valence-corrected chi connectivity index (χ2v) is 8.68. The molecular weight excluding hydrogens is 464 g/mol. The molecule has 0 radical (unpaired) electrons. The van der Waals surface area contributed by atoms with Crippen molar-refractivity contribution < 1.29 is 28.3 Å². The molecule has 1 aliphatic rings. The average Bonchev–Trinajstić information content (AvgIpc) is 2.87. The summed E-state index contributed by atoms with van der Waals surface area (Å²) in [4.78, 5) is 51.0. The van der Waals surface area contributed by atoms with E-state index in [-0.39, 0.29) is 24.7 Å². The third kappa shape index (κ3) is 5.25. The van der Waals surface area contributed by atoms with Gasteiger partial charge in [-0.25, -0.2) is 9.59 Å². The smallest absolute Gasteiger partial charge is 0.411 e. The van der Waals surface area contributed by atoms with Gasteiger partial charge in [-0.05, 0) is 37.5 Å². The fraction of sp³-hybridized carbons (Fsp3) is 0.333. The minimum Gasteiger partial charge on any atom is -0.460 e. The van der Waals surface area contributed by atoms with Crippen molar-refractivity contribution >= 4 is 34.6 Å². The van der Waals surface area contributed by atoms with Gasteiger partial charge in [0.2, 0.25) is 5.91 Å². The first kappa shape index (κ1) is 25.0. The predicted molar refractivity (Wildman–Crippen MR) is 133 cm³/mol. The van der Waals surface area contributed by atoms with Crippen LogP contribution in [0.1, 0.15) is 37.8 Å². The van der Waals surface area contributed by atoms with Gasteiger partial charge in [0.15, 0.2) is 0 Å². The largest absolute Gasteiger partial charge is 0.460 e. The van der Waals surface area contributed by atoms with Gasteiger partial charge in [0.05, 0.1) is 12.0 Å². The summed E-state index contributed by atoms with van der Waals surface area (Å²) >= 11 is 0. The van der Waals surface area contributed by atoms with Gasteiger partial charge in [-0.15, -0.1) is 0 Å². The molecule has 188 valence electrons. The second-order valence-electron chi connectivity index (χ2n) is 8.68. The Morgan fingerprint density at radius 1 is 1.03 bits per heavy atom. The summed E-state index contributed by atoms with van der Waals surface area (Å²) in [6, 6.07) is 15.6. The van der Waals surface area contributed by atoms with E-state index in [1.165, 1.54) is 19.1 Å². The van der Waals surface area contributed by atoms with E-state index in [1.807, 2.05) is 30.3 Å². The summed E-state index contributed by atoms with van der Waals surface area (Å²) in [5, 5.41) is 3.15. The highest BCUT2D eigenvalue weighted by Crippen LogP contribution is 2.37. The zero-order valence-corrected chi connectivity index (χ0v) is 20.2. The van der Waals surface area contributed by atoms with Crippen LogP contribution in [0.2, 0.25) is 0 Å².